The lowest BCUT2D eigenvalue weighted by molar-refractivity contribution is -0.139. The summed E-state index contributed by atoms with van der Waals surface area (Å²) in [5, 5.41) is 0. The average Bonchev–Trinajstić information content (AvgIpc) is 3.05. The number of methoxy groups -OCH3 is 2. The molecule has 1 fully saturated rings. The van der Waals surface area contributed by atoms with E-state index in [1.54, 1.807) is 36.3 Å². The van der Waals surface area contributed by atoms with Crippen molar-refractivity contribution in [2.75, 3.05) is 25.7 Å². The molecule has 1 unspecified atom stereocenters. The van der Waals surface area contributed by atoms with Crippen molar-refractivity contribution < 1.29 is 23.8 Å². The van der Waals surface area contributed by atoms with Crippen molar-refractivity contribution in [3.8, 4) is 17.2 Å². The number of nitrogens with zero attached hydrogens (tertiary/aromatic N) is 1. The number of ether oxygens (including phenoxy) is 3. The van der Waals surface area contributed by atoms with Crippen molar-refractivity contribution in [2.24, 2.45) is 5.92 Å². The van der Waals surface area contributed by atoms with Crippen molar-refractivity contribution in [3.05, 3.63) is 47.5 Å². The van der Waals surface area contributed by atoms with Crippen LogP contribution in [0.4, 0.5) is 5.69 Å². The lowest BCUT2D eigenvalue weighted by atomic mass is 10.1. The van der Waals surface area contributed by atoms with E-state index < -0.39 is 11.9 Å². The van der Waals surface area contributed by atoms with E-state index in [-0.39, 0.29) is 18.9 Å². The normalized spacial score (nSPS) is 16.4. The van der Waals surface area contributed by atoms with Crippen molar-refractivity contribution in [1.29, 1.82) is 0 Å². The topological polar surface area (TPSA) is 65.1 Å². The molecule has 1 heterocycles. The van der Waals surface area contributed by atoms with Gasteiger partial charge in [-0.2, -0.15) is 0 Å². The van der Waals surface area contributed by atoms with Crippen LogP contribution in [0.1, 0.15) is 17.5 Å². The molecule has 3 rings (SSSR count). The Morgan fingerprint density at radius 1 is 1.00 bits per heavy atom. The van der Waals surface area contributed by atoms with Crippen LogP contribution in [0.15, 0.2) is 36.4 Å². The Balaban J connectivity index is 1.74. The van der Waals surface area contributed by atoms with Gasteiger partial charge in [0.1, 0.15) is 5.75 Å². The predicted octanol–water partition coefficient (Wildman–Crippen LogP) is 3.28. The SMILES string of the molecule is COc1ccc(N2CC(C(=O)Oc3ccc(C)cc3C)CC2=O)cc1OC. The second-order valence-corrected chi connectivity index (χ2v) is 6.63. The number of carbonyl (C=O) groups is 2. The molecule has 0 aromatic heterocycles. The molecule has 0 saturated carbocycles. The summed E-state index contributed by atoms with van der Waals surface area (Å²) >= 11 is 0. The fourth-order valence-electron chi connectivity index (χ4n) is 3.21. The zero-order valence-corrected chi connectivity index (χ0v) is 15.9. The number of amides is 1. The molecule has 1 aliphatic rings. The van der Waals surface area contributed by atoms with E-state index in [0.717, 1.165) is 11.1 Å². The lowest BCUT2D eigenvalue weighted by Crippen LogP contribution is -2.27. The van der Waals surface area contributed by atoms with Crippen LogP contribution in [0.3, 0.4) is 0 Å². The standard InChI is InChI=1S/C21H23NO5/c1-13-5-7-17(14(2)9-13)27-21(24)15-10-20(23)22(12-15)16-6-8-18(25-3)19(11-16)26-4/h5-9,11,15H,10,12H2,1-4H3. The van der Waals surface area contributed by atoms with Crippen LogP contribution in [-0.2, 0) is 9.59 Å². The molecule has 2 aromatic carbocycles. The van der Waals surface area contributed by atoms with Gasteiger partial charge in [0.25, 0.3) is 0 Å². The quantitative estimate of drug-likeness (QED) is 0.598. The van der Waals surface area contributed by atoms with Crippen LogP contribution >= 0.6 is 0 Å². The maximum Gasteiger partial charge on any atom is 0.316 e. The van der Waals surface area contributed by atoms with Crippen LogP contribution in [0.25, 0.3) is 0 Å². The number of benzene rings is 2. The number of hydrogen-bond donors (Lipinski definition) is 0. The minimum Gasteiger partial charge on any atom is -0.493 e. The van der Waals surface area contributed by atoms with Gasteiger partial charge in [-0.05, 0) is 37.6 Å². The van der Waals surface area contributed by atoms with Gasteiger partial charge in [0.15, 0.2) is 11.5 Å². The summed E-state index contributed by atoms with van der Waals surface area (Å²) < 4.78 is 16.1. The summed E-state index contributed by atoms with van der Waals surface area (Å²) in [4.78, 5) is 26.6. The maximum absolute atomic E-state index is 12.6. The van der Waals surface area contributed by atoms with Crippen molar-refractivity contribution in [3.63, 3.8) is 0 Å². The van der Waals surface area contributed by atoms with Gasteiger partial charge in [-0.15, -0.1) is 0 Å². The van der Waals surface area contributed by atoms with Crippen LogP contribution in [-0.4, -0.2) is 32.6 Å². The summed E-state index contributed by atoms with van der Waals surface area (Å²) in [6, 6.07) is 10.9. The van der Waals surface area contributed by atoms with Gasteiger partial charge in [0.2, 0.25) is 5.91 Å². The predicted molar refractivity (Wildman–Crippen MR) is 102 cm³/mol. The summed E-state index contributed by atoms with van der Waals surface area (Å²) in [5.74, 6) is 0.625. The largest absolute Gasteiger partial charge is 0.493 e. The van der Waals surface area contributed by atoms with E-state index in [9.17, 15) is 9.59 Å². The summed E-state index contributed by atoms with van der Waals surface area (Å²) in [7, 11) is 3.09. The minimum atomic E-state index is -0.508. The smallest absolute Gasteiger partial charge is 0.316 e. The molecule has 0 radical (unpaired) electrons. The first-order chi connectivity index (χ1) is 12.9. The molecule has 2 aromatic rings. The van der Waals surface area contributed by atoms with Crippen molar-refractivity contribution in [2.45, 2.75) is 20.3 Å². The molecule has 27 heavy (non-hydrogen) atoms. The van der Waals surface area contributed by atoms with Crippen molar-refractivity contribution >= 4 is 17.6 Å². The third-order valence-corrected chi connectivity index (χ3v) is 4.68. The zero-order valence-electron chi connectivity index (χ0n) is 15.9. The van der Waals surface area contributed by atoms with E-state index in [0.29, 0.717) is 22.9 Å². The average molecular weight is 369 g/mol. The van der Waals surface area contributed by atoms with Gasteiger partial charge in [-0.25, -0.2) is 0 Å². The van der Waals surface area contributed by atoms with E-state index in [1.807, 2.05) is 26.0 Å². The second-order valence-electron chi connectivity index (χ2n) is 6.63. The first-order valence-electron chi connectivity index (χ1n) is 8.74. The molecule has 0 spiro atoms. The monoisotopic (exact) mass is 369 g/mol. The third kappa shape index (κ3) is 3.89. The van der Waals surface area contributed by atoms with Gasteiger partial charge < -0.3 is 19.1 Å². The third-order valence-electron chi connectivity index (χ3n) is 4.68. The molecule has 6 nitrogen and oxygen atoms in total. The Hall–Kier alpha value is -3.02. The maximum atomic E-state index is 12.6. The number of anilines is 1. The molecule has 1 amide bonds. The fourth-order valence-corrected chi connectivity index (χ4v) is 3.21. The van der Waals surface area contributed by atoms with E-state index in [2.05, 4.69) is 0 Å². The summed E-state index contributed by atoms with van der Waals surface area (Å²) in [6.45, 7) is 4.15. The van der Waals surface area contributed by atoms with Crippen LogP contribution in [0.5, 0.6) is 17.2 Å². The molecule has 1 aliphatic heterocycles. The Morgan fingerprint density at radius 2 is 1.70 bits per heavy atom. The van der Waals surface area contributed by atoms with Crippen LogP contribution in [0, 0.1) is 19.8 Å². The Labute approximate surface area is 158 Å². The number of rotatable bonds is 5. The summed E-state index contributed by atoms with van der Waals surface area (Å²) in [5.41, 5.74) is 2.66. The van der Waals surface area contributed by atoms with Crippen LogP contribution < -0.4 is 19.1 Å². The molecular weight excluding hydrogens is 346 g/mol. The lowest BCUT2D eigenvalue weighted by Gasteiger charge is -2.18. The van der Waals surface area contributed by atoms with Gasteiger partial charge in [0.05, 0.1) is 20.1 Å². The van der Waals surface area contributed by atoms with E-state index >= 15 is 0 Å². The number of aryl methyl sites for hydroxylation is 2. The zero-order chi connectivity index (χ0) is 19.6. The molecule has 1 atom stereocenters. The highest BCUT2D eigenvalue weighted by Gasteiger charge is 2.36. The van der Waals surface area contributed by atoms with Crippen LogP contribution in [0.2, 0.25) is 0 Å². The molecule has 1 saturated heterocycles. The molecule has 0 aliphatic carbocycles. The van der Waals surface area contributed by atoms with Gasteiger partial charge in [-0.1, -0.05) is 17.7 Å². The van der Waals surface area contributed by atoms with Gasteiger partial charge >= 0.3 is 5.97 Å². The highest BCUT2D eigenvalue weighted by molar-refractivity contribution is 6.00. The first-order valence-corrected chi connectivity index (χ1v) is 8.74. The molecular formula is C21H23NO5. The molecule has 0 N–H and O–H groups in total. The number of esters is 1. The highest BCUT2D eigenvalue weighted by Crippen LogP contribution is 2.34. The Morgan fingerprint density at radius 3 is 2.37 bits per heavy atom. The molecule has 0 bridgehead atoms. The Bertz CT molecular complexity index is 877. The Kier molecular flexibility index (Phi) is 5.35. The highest BCUT2D eigenvalue weighted by atomic mass is 16.5. The molecule has 142 valence electrons. The molecule has 6 heteroatoms. The minimum absolute atomic E-state index is 0.121. The second kappa shape index (κ2) is 7.70. The van der Waals surface area contributed by atoms with Gasteiger partial charge in [0, 0.05) is 24.7 Å². The first kappa shape index (κ1) is 18.8. The number of hydrogen-bond acceptors (Lipinski definition) is 5. The van der Waals surface area contributed by atoms with E-state index in [1.165, 1.54) is 7.11 Å². The fraction of sp³-hybridized carbons (Fsp3) is 0.333. The van der Waals surface area contributed by atoms with Crippen molar-refractivity contribution in [1.82, 2.24) is 0 Å². The number of carbonyl (C=O) groups excluding carboxylic acids is 2. The van der Waals surface area contributed by atoms with Gasteiger partial charge in [-0.3, -0.25) is 9.59 Å². The van der Waals surface area contributed by atoms with E-state index in [4.69, 9.17) is 14.2 Å². The summed E-state index contributed by atoms with van der Waals surface area (Å²) in [6.07, 6.45) is 0.123.